The first-order valence-electron chi connectivity index (χ1n) is 18.4. The first-order valence-corrected chi connectivity index (χ1v) is 18.4. The van der Waals surface area contributed by atoms with Gasteiger partial charge >= 0.3 is 0 Å². The third-order valence-electron chi connectivity index (χ3n) is 9.43. The van der Waals surface area contributed by atoms with Crippen molar-refractivity contribution in [2.24, 2.45) is 0 Å². The highest BCUT2D eigenvalue weighted by Gasteiger charge is 2.15. The number of rotatable bonds is 16. The van der Waals surface area contributed by atoms with Crippen LogP contribution in [0.4, 0.5) is 0 Å². The molecule has 0 radical (unpaired) electrons. The molecule has 6 aromatic rings. The molecule has 6 aromatic carbocycles. The van der Waals surface area contributed by atoms with E-state index in [9.17, 15) is 0 Å². The standard InChI is InChI=1S/2C24H27N/c2*1-20(19-21-11-5-2-6-12-21)25-18-17-24(22-13-7-3-8-14-22)23-15-9-4-10-16-23/h2*2-16,20,24-25H,17-19H2,1H3. The first-order chi connectivity index (χ1) is 24.7. The number of hydrogen-bond donors (Lipinski definition) is 2. The number of nitrogens with one attached hydrogen (secondary N) is 2. The zero-order valence-corrected chi connectivity index (χ0v) is 29.9. The average Bonchev–Trinajstić information content (AvgIpc) is 3.17. The van der Waals surface area contributed by atoms with Crippen LogP contribution in [0.15, 0.2) is 182 Å². The monoisotopic (exact) mass is 658 g/mol. The van der Waals surface area contributed by atoms with Gasteiger partial charge in [-0.2, -0.15) is 0 Å². The lowest BCUT2D eigenvalue weighted by Crippen LogP contribution is -2.30. The predicted molar refractivity (Wildman–Crippen MR) is 214 cm³/mol. The third kappa shape index (κ3) is 12.3. The minimum Gasteiger partial charge on any atom is -0.314 e. The smallest absolute Gasteiger partial charge is 0.0101 e. The molecule has 0 aliphatic rings. The van der Waals surface area contributed by atoms with Gasteiger partial charge in [0.1, 0.15) is 0 Å². The van der Waals surface area contributed by atoms with Crippen LogP contribution in [-0.4, -0.2) is 25.2 Å². The van der Waals surface area contributed by atoms with Crippen LogP contribution in [0.2, 0.25) is 0 Å². The van der Waals surface area contributed by atoms with E-state index in [1.807, 2.05) is 0 Å². The quantitative estimate of drug-likeness (QED) is 0.108. The normalized spacial score (nSPS) is 12.2. The maximum atomic E-state index is 3.70. The molecule has 2 N–H and O–H groups in total. The van der Waals surface area contributed by atoms with E-state index in [0.717, 1.165) is 38.8 Å². The van der Waals surface area contributed by atoms with Crippen LogP contribution in [0.1, 0.15) is 71.9 Å². The van der Waals surface area contributed by atoms with E-state index in [1.54, 1.807) is 0 Å². The lowest BCUT2D eigenvalue weighted by atomic mass is 9.88. The third-order valence-corrected chi connectivity index (χ3v) is 9.43. The molecule has 2 heteroatoms. The Morgan fingerprint density at radius 2 is 0.580 bits per heavy atom. The zero-order chi connectivity index (χ0) is 34.6. The van der Waals surface area contributed by atoms with Gasteiger partial charge in [-0.15, -0.1) is 0 Å². The first kappa shape index (κ1) is 36.5. The van der Waals surface area contributed by atoms with Crippen LogP contribution in [0, 0.1) is 0 Å². The summed E-state index contributed by atoms with van der Waals surface area (Å²) in [6.45, 7) is 6.57. The predicted octanol–water partition coefficient (Wildman–Crippen LogP) is 10.9. The van der Waals surface area contributed by atoms with Crippen molar-refractivity contribution >= 4 is 0 Å². The Labute approximate surface area is 301 Å². The lowest BCUT2D eigenvalue weighted by Gasteiger charge is -2.20. The Morgan fingerprint density at radius 1 is 0.340 bits per heavy atom. The summed E-state index contributed by atoms with van der Waals surface area (Å²) in [5.41, 5.74) is 8.37. The fourth-order valence-corrected chi connectivity index (χ4v) is 6.82. The van der Waals surface area contributed by atoms with Crippen molar-refractivity contribution in [1.82, 2.24) is 10.6 Å². The molecular formula is C48H54N2. The minimum atomic E-state index is 0.443. The molecule has 0 saturated carbocycles. The second kappa shape index (κ2) is 20.7. The van der Waals surface area contributed by atoms with E-state index < -0.39 is 0 Å². The maximum absolute atomic E-state index is 3.70. The minimum absolute atomic E-state index is 0.443. The van der Waals surface area contributed by atoms with Gasteiger partial charge in [0, 0.05) is 23.9 Å². The molecule has 0 aliphatic carbocycles. The van der Waals surface area contributed by atoms with Crippen LogP contribution >= 0.6 is 0 Å². The Kier molecular flexibility index (Phi) is 15.1. The van der Waals surface area contributed by atoms with Gasteiger partial charge in [-0.3, -0.25) is 0 Å². The molecule has 0 amide bonds. The molecule has 256 valence electrons. The van der Waals surface area contributed by atoms with E-state index in [-0.39, 0.29) is 0 Å². The largest absolute Gasteiger partial charge is 0.314 e. The molecule has 2 atom stereocenters. The fourth-order valence-electron chi connectivity index (χ4n) is 6.82. The van der Waals surface area contributed by atoms with Crippen LogP contribution in [-0.2, 0) is 12.8 Å². The average molecular weight is 659 g/mol. The van der Waals surface area contributed by atoms with Gasteiger partial charge in [0.05, 0.1) is 0 Å². The van der Waals surface area contributed by atoms with Crippen molar-refractivity contribution in [3.8, 4) is 0 Å². The van der Waals surface area contributed by atoms with E-state index >= 15 is 0 Å². The topological polar surface area (TPSA) is 24.1 Å². The molecule has 2 nitrogen and oxygen atoms in total. The van der Waals surface area contributed by atoms with Crippen molar-refractivity contribution < 1.29 is 0 Å². The van der Waals surface area contributed by atoms with Gasteiger partial charge in [-0.25, -0.2) is 0 Å². The van der Waals surface area contributed by atoms with E-state index in [4.69, 9.17) is 0 Å². The van der Waals surface area contributed by atoms with Crippen LogP contribution in [0.25, 0.3) is 0 Å². The van der Waals surface area contributed by atoms with Gasteiger partial charge in [-0.1, -0.05) is 182 Å². The SMILES string of the molecule is CC(Cc1ccccc1)NCCC(c1ccccc1)c1ccccc1.CC(Cc1ccccc1)NCCC(c1ccccc1)c1ccccc1. The summed E-state index contributed by atoms with van der Waals surface area (Å²) in [5, 5.41) is 7.40. The summed E-state index contributed by atoms with van der Waals surface area (Å²) in [7, 11) is 0. The molecule has 0 saturated heterocycles. The molecule has 0 bridgehead atoms. The zero-order valence-electron chi connectivity index (χ0n) is 29.9. The summed E-state index contributed by atoms with van der Waals surface area (Å²) >= 11 is 0. The molecular weight excluding hydrogens is 605 g/mol. The molecule has 0 heterocycles. The molecule has 50 heavy (non-hydrogen) atoms. The van der Waals surface area contributed by atoms with Crippen molar-refractivity contribution in [1.29, 1.82) is 0 Å². The van der Waals surface area contributed by atoms with Crippen molar-refractivity contribution in [3.05, 3.63) is 215 Å². The van der Waals surface area contributed by atoms with Gasteiger partial charge in [0.2, 0.25) is 0 Å². The second-order valence-electron chi connectivity index (χ2n) is 13.4. The maximum Gasteiger partial charge on any atom is 0.0101 e. The van der Waals surface area contributed by atoms with E-state index in [0.29, 0.717) is 23.9 Å². The highest BCUT2D eigenvalue weighted by Crippen LogP contribution is 2.28. The van der Waals surface area contributed by atoms with Crippen molar-refractivity contribution in [3.63, 3.8) is 0 Å². The Morgan fingerprint density at radius 3 is 0.840 bits per heavy atom. The van der Waals surface area contributed by atoms with Gasteiger partial charge in [0.15, 0.2) is 0 Å². The summed E-state index contributed by atoms with van der Waals surface area (Å²) in [5.74, 6) is 0.887. The Balaban J connectivity index is 0.000000194. The molecule has 0 fully saturated rings. The lowest BCUT2D eigenvalue weighted by molar-refractivity contribution is 0.520. The van der Waals surface area contributed by atoms with E-state index in [2.05, 4.69) is 206 Å². The van der Waals surface area contributed by atoms with E-state index in [1.165, 1.54) is 33.4 Å². The molecule has 0 spiro atoms. The van der Waals surface area contributed by atoms with Gasteiger partial charge < -0.3 is 10.6 Å². The summed E-state index contributed by atoms with van der Waals surface area (Å²) < 4.78 is 0. The highest BCUT2D eigenvalue weighted by molar-refractivity contribution is 5.33. The van der Waals surface area contributed by atoms with Gasteiger partial charge in [0.25, 0.3) is 0 Å². The molecule has 0 aromatic heterocycles. The van der Waals surface area contributed by atoms with Crippen LogP contribution < -0.4 is 10.6 Å². The molecule has 0 aliphatic heterocycles. The number of benzene rings is 6. The Hall–Kier alpha value is -4.76. The van der Waals surface area contributed by atoms with Crippen LogP contribution in [0.3, 0.4) is 0 Å². The molecule has 2 unspecified atom stereocenters. The summed E-state index contributed by atoms with van der Waals surface area (Å²) in [6, 6.07) is 65.8. The van der Waals surface area contributed by atoms with Crippen molar-refractivity contribution in [2.75, 3.05) is 13.1 Å². The second-order valence-corrected chi connectivity index (χ2v) is 13.4. The highest BCUT2D eigenvalue weighted by atomic mass is 14.9. The van der Waals surface area contributed by atoms with Gasteiger partial charge in [-0.05, 0) is 86.0 Å². The molecule has 6 rings (SSSR count). The van der Waals surface area contributed by atoms with Crippen molar-refractivity contribution in [2.45, 2.75) is 63.5 Å². The fraction of sp³-hybridized carbons (Fsp3) is 0.250. The van der Waals surface area contributed by atoms with Crippen LogP contribution in [0.5, 0.6) is 0 Å². The summed E-state index contributed by atoms with van der Waals surface area (Å²) in [6.07, 6.45) is 4.35. The number of hydrogen-bond acceptors (Lipinski definition) is 2. The summed E-state index contributed by atoms with van der Waals surface area (Å²) in [4.78, 5) is 0. The Bertz CT molecular complexity index is 1500.